The largest absolute Gasteiger partial charge is 0.495 e. The second-order valence-corrected chi connectivity index (χ2v) is 7.55. The molecule has 0 N–H and O–H groups in total. The molecule has 0 amide bonds. The lowest BCUT2D eigenvalue weighted by atomic mass is 10.1. The third kappa shape index (κ3) is 3.72. The van der Waals surface area contributed by atoms with E-state index in [0.29, 0.717) is 39.7 Å². The molecule has 0 atom stereocenters. The molecule has 158 valence electrons. The van der Waals surface area contributed by atoms with E-state index in [1.807, 2.05) is 41.0 Å². The fourth-order valence-corrected chi connectivity index (χ4v) is 3.58. The first-order valence-electron chi connectivity index (χ1n) is 9.78. The molecule has 9 heteroatoms. The number of aromatic nitrogens is 6. The minimum atomic E-state index is -0.262. The summed E-state index contributed by atoms with van der Waals surface area (Å²) in [5.41, 5.74) is 2.38. The van der Waals surface area contributed by atoms with E-state index < -0.39 is 0 Å². The molecule has 5 rings (SSSR count). The average Bonchev–Trinajstić information content (AvgIpc) is 3.46. The number of benzene rings is 1. The molecule has 0 saturated heterocycles. The van der Waals surface area contributed by atoms with Crippen molar-refractivity contribution in [1.29, 1.82) is 0 Å². The topological polar surface area (TPSA) is 87.7 Å². The first-order chi connectivity index (χ1) is 15.6. The Balaban J connectivity index is 1.56. The Labute approximate surface area is 188 Å². The molecule has 0 unspecified atom stereocenters. The van der Waals surface area contributed by atoms with Crippen molar-refractivity contribution in [2.75, 3.05) is 7.11 Å². The predicted molar refractivity (Wildman–Crippen MR) is 119 cm³/mol. The molecule has 1 aromatic carbocycles. The fourth-order valence-electron chi connectivity index (χ4n) is 3.46. The first-order valence-corrected chi connectivity index (χ1v) is 10.2. The van der Waals surface area contributed by atoms with Gasteiger partial charge in [-0.25, -0.2) is 14.6 Å². The second kappa shape index (κ2) is 8.24. The van der Waals surface area contributed by atoms with E-state index in [9.17, 15) is 4.79 Å². The van der Waals surface area contributed by atoms with Gasteiger partial charge in [-0.15, -0.1) is 5.10 Å². The minimum absolute atomic E-state index is 0.212. The summed E-state index contributed by atoms with van der Waals surface area (Å²) in [5, 5.41) is 9.47. The van der Waals surface area contributed by atoms with Gasteiger partial charge in [0.1, 0.15) is 11.4 Å². The lowest BCUT2D eigenvalue weighted by molar-refractivity contribution is 0.103. The number of methoxy groups -OCH3 is 1. The summed E-state index contributed by atoms with van der Waals surface area (Å²) in [7, 11) is 1.56. The summed E-state index contributed by atoms with van der Waals surface area (Å²) in [6.07, 6.45) is 6.64. The van der Waals surface area contributed by atoms with Crippen molar-refractivity contribution in [2.45, 2.75) is 6.54 Å². The van der Waals surface area contributed by atoms with E-state index in [-0.39, 0.29) is 11.5 Å². The number of ketones is 1. The van der Waals surface area contributed by atoms with Gasteiger partial charge in [0.2, 0.25) is 5.78 Å². The Hall–Kier alpha value is -4.04. The summed E-state index contributed by atoms with van der Waals surface area (Å²) < 4.78 is 8.72. The highest BCUT2D eigenvalue weighted by Gasteiger charge is 2.21. The zero-order chi connectivity index (χ0) is 22.1. The zero-order valence-electron chi connectivity index (χ0n) is 17.0. The van der Waals surface area contributed by atoms with Crippen molar-refractivity contribution in [1.82, 2.24) is 29.5 Å². The first kappa shape index (κ1) is 19.9. The summed E-state index contributed by atoms with van der Waals surface area (Å²) >= 11 is 6.01. The standard InChI is InChI=1S/C23H17ClN6O2/c1-32-17-10-18-19(22(31)20-14-30(28-27-20)21-4-2-3-9-25-21)13-29(23(18)26-11-17)12-15-5-7-16(24)8-6-15/h2-11,13-14H,12H2,1H3. The normalized spacial score (nSPS) is 11.1. The van der Waals surface area contributed by atoms with Crippen LogP contribution in [-0.2, 0) is 6.54 Å². The molecule has 0 radical (unpaired) electrons. The van der Waals surface area contributed by atoms with Gasteiger partial charge in [0, 0.05) is 29.3 Å². The number of halogens is 1. The Morgan fingerprint density at radius 2 is 1.94 bits per heavy atom. The monoisotopic (exact) mass is 444 g/mol. The van der Waals surface area contributed by atoms with Gasteiger partial charge in [-0.3, -0.25) is 4.79 Å². The van der Waals surface area contributed by atoms with Crippen molar-refractivity contribution in [3.05, 3.63) is 95.2 Å². The number of fused-ring (bicyclic) bond motifs is 1. The van der Waals surface area contributed by atoms with E-state index in [1.165, 1.54) is 4.68 Å². The van der Waals surface area contributed by atoms with Crippen molar-refractivity contribution in [3.63, 3.8) is 0 Å². The van der Waals surface area contributed by atoms with Crippen LogP contribution in [0.4, 0.5) is 0 Å². The van der Waals surface area contributed by atoms with Crippen LogP contribution in [0.25, 0.3) is 16.9 Å². The zero-order valence-corrected chi connectivity index (χ0v) is 17.8. The molecule has 32 heavy (non-hydrogen) atoms. The minimum Gasteiger partial charge on any atom is -0.495 e. The van der Waals surface area contributed by atoms with Crippen LogP contribution in [-0.4, -0.2) is 42.4 Å². The third-order valence-electron chi connectivity index (χ3n) is 5.05. The van der Waals surface area contributed by atoms with Crippen LogP contribution in [0.15, 0.2) is 73.3 Å². The molecule has 4 heterocycles. The van der Waals surface area contributed by atoms with Gasteiger partial charge in [-0.1, -0.05) is 35.0 Å². The Bertz CT molecular complexity index is 1410. The van der Waals surface area contributed by atoms with Crippen LogP contribution < -0.4 is 4.74 Å². The van der Waals surface area contributed by atoms with E-state index in [1.54, 1.807) is 44.0 Å². The summed E-state index contributed by atoms with van der Waals surface area (Å²) in [6, 6.07) is 14.8. The Morgan fingerprint density at radius 3 is 2.69 bits per heavy atom. The van der Waals surface area contributed by atoms with E-state index >= 15 is 0 Å². The highest BCUT2D eigenvalue weighted by molar-refractivity contribution is 6.30. The smallest absolute Gasteiger partial charge is 0.217 e. The molecule has 0 saturated carbocycles. The number of hydrogen-bond acceptors (Lipinski definition) is 6. The number of nitrogens with zero attached hydrogens (tertiary/aromatic N) is 6. The molecular weight excluding hydrogens is 428 g/mol. The van der Waals surface area contributed by atoms with Crippen LogP contribution >= 0.6 is 11.6 Å². The van der Waals surface area contributed by atoms with Crippen molar-refractivity contribution in [3.8, 4) is 11.6 Å². The maximum absolute atomic E-state index is 13.4. The van der Waals surface area contributed by atoms with Gasteiger partial charge in [0.05, 0.1) is 25.1 Å². The molecule has 0 spiro atoms. The number of hydrogen-bond donors (Lipinski definition) is 0. The summed E-state index contributed by atoms with van der Waals surface area (Å²) in [6.45, 7) is 0.529. The van der Waals surface area contributed by atoms with Gasteiger partial charge in [-0.2, -0.15) is 0 Å². The number of rotatable bonds is 6. The molecule has 0 aliphatic carbocycles. The number of carbonyl (C=O) groups excluding carboxylic acids is 1. The van der Waals surface area contributed by atoms with E-state index in [4.69, 9.17) is 16.3 Å². The van der Waals surface area contributed by atoms with E-state index in [0.717, 1.165) is 5.56 Å². The van der Waals surface area contributed by atoms with Gasteiger partial charge < -0.3 is 9.30 Å². The van der Waals surface area contributed by atoms with Crippen molar-refractivity contribution in [2.24, 2.45) is 0 Å². The van der Waals surface area contributed by atoms with Crippen LogP contribution in [0.5, 0.6) is 5.75 Å². The predicted octanol–water partition coefficient (Wildman–Crippen LogP) is 3.95. The van der Waals surface area contributed by atoms with Gasteiger partial charge in [0.25, 0.3) is 0 Å². The highest BCUT2D eigenvalue weighted by Crippen LogP contribution is 2.27. The van der Waals surface area contributed by atoms with Gasteiger partial charge in [0.15, 0.2) is 11.5 Å². The molecular formula is C23H17ClN6O2. The van der Waals surface area contributed by atoms with Crippen LogP contribution in [0, 0.1) is 0 Å². The fraction of sp³-hybridized carbons (Fsp3) is 0.0870. The molecule has 4 aromatic heterocycles. The Kier molecular flexibility index (Phi) is 5.12. The Morgan fingerprint density at radius 1 is 1.09 bits per heavy atom. The lowest BCUT2D eigenvalue weighted by Crippen LogP contribution is -2.02. The number of pyridine rings is 2. The molecule has 0 bridgehead atoms. The summed E-state index contributed by atoms with van der Waals surface area (Å²) in [5.74, 6) is 0.877. The molecule has 0 aliphatic rings. The highest BCUT2D eigenvalue weighted by atomic mass is 35.5. The lowest BCUT2D eigenvalue weighted by Gasteiger charge is -2.05. The number of carbonyl (C=O) groups is 1. The maximum atomic E-state index is 13.4. The average molecular weight is 445 g/mol. The number of ether oxygens (including phenoxy) is 1. The van der Waals surface area contributed by atoms with Gasteiger partial charge >= 0.3 is 0 Å². The molecule has 5 aromatic rings. The van der Waals surface area contributed by atoms with E-state index in [2.05, 4.69) is 20.3 Å². The van der Waals surface area contributed by atoms with Gasteiger partial charge in [-0.05, 0) is 35.9 Å². The molecule has 0 fully saturated rings. The van der Waals surface area contributed by atoms with Crippen LogP contribution in [0.2, 0.25) is 5.02 Å². The van der Waals surface area contributed by atoms with Crippen molar-refractivity contribution < 1.29 is 9.53 Å². The maximum Gasteiger partial charge on any atom is 0.217 e. The van der Waals surface area contributed by atoms with Crippen LogP contribution in [0.1, 0.15) is 21.6 Å². The quantitative estimate of drug-likeness (QED) is 0.368. The molecule has 8 nitrogen and oxygen atoms in total. The summed E-state index contributed by atoms with van der Waals surface area (Å²) in [4.78, 5) is 22.1. The third-order valence-corrected chi connectivity index (χ3v) is 5.30. The SMILES string of the molecule is COc1cnc2c(c1)c(C(=O)c1cn(-c3ccccn3)nn1)cn2Cc1ccc(Cl)cc1. The molecule has 0 aliphatic heterocycles. The second-order valence-electron chi connectivity index (χ2n) is 7.11. The van der Waals surface area contributed by atoms with Crippen molar-refractivity contribution >= 4 is 28.4 Å². The van der Waals surface area contributed by atoms with Crippen LogP contribution in [0.3, 0.4) is 0 Å².